The molecule has 0 spiro atoms. The molecule has 17 heavy (non-hydrogen) atoms. The second-order valence-electron chi connectivity index (χ2n) is 4.49. The highest BCUT2D eigenvalue weighted by Crippen LogP contribution is 2.30. The molecule has 0 saturated carbocycles. The van der Waals surface area contributed by atoms with Gasteiger partial charge in [-0.05, 0) is 33.1 Å². The van der Waals surface area contributed by atoms with Crippen molar-refractivity contribution in [1.82, 2.24) is 0 Å². The Kier molecular flexibility index (Phi) is 6.85. The monoisotopic (exact) mass is 244 g/mol. The van der Waals surface area contributed by atoms with Crippen molar-refractivity contribution in [3.63, 3.8) is 0 Å². The zero-order valence-electron chi connectivity index (χ0n) is 11.5. The van der Waals surface area contributed by atoms with Gasteiger partial charge in [-0.15, -0.1) is 0 Å². The summed E-state index contributed by atoms with van der Waals surface area (Å²) in [5, 5.41) is 0. The first kappa shape index (κ1) is 15.9. The molecule has 0 N–H and O–H groups in total. The first-order valence-corrected chi connectivity index (χ1v) is 6.26. The summed E-state index contributed by atoms with van der Waals surface area (Å²) in [5.41, 5.74) is -1.18. The van der Waals surface area contributed by atoms with E-state index < -0.39 is 17.4 Å². The van der Waals surface area contributed by atoms with Crippen molar-refractivity contribution in [3.8, 4) is 0 Å². The van der Waals surface area contributed by atoms with Gasteiger partial charge >= 0.3 is 11.9 Å². The van der Waals surface area contributed by atoms with Gasteiger partial charge in [-0.25, -0.2) is 0 Å². The molecule has 4 heteroatoms. The second-order valence-corrected chi connectivity index (χ2v) is 4.49. The summed E-state index contributed by atoms with van der Waals surface area (Å²) in [6.07, 6.45) is 1.37. The molecule has 0 radical (unpaired) electrons. The number of carbonyl (C=O) groups is 2. The van der Waals surface area contributed by atoms with E-state index in [1.54, 1.807) is 20.8 Å². The zero-order chi connectivity index (χ0) is 13.5. The van der Waals surface area contributed by atoms with Gasteiger partial charge in [0.1, 0.15) is 0 Å². The minimum absolute atomic E-state index is 0.272. The van der Waals surface area contributed by atoms with E-state index in [0.29, 0.717) is 6.42 Å². The number of esters is 2. The van der Waals surface area contributed by atoms with Gasteiger partial charge in [-0.3, -0.25) is 9.59 Å². The molecule has 0 rings (SSSR count). The standard InChI is InChI=1S/C13H24O4/c1-6-10(4)9-13(5,11(14)16-7-2)12(15)17-8-3/h10H,6-9H2,1-5H3/t10-/m1/s1. The van der Waals surface area contributed by atoms with Gasteiger partial charge in [0.25, 0.3) is 0 Å². The molecule has 0 saturated heterocycles. The predicted octanol–water partition coefficient (Wildman–Crippen LogP) is 2.56. The Morgan fingerprint density at radius 2 is 1.47 bits per heavy atom. The van der Waals surface area contributed by atoms with Crippen LogP contribution in [0.5, 0.6) is 0 Å². The van der Waals surface area contributed by atoms with Gasteiger partial charge in [0.05, 0.1) is 13.2 Å². The summed E-state index contributed by atoms with van der Waals surface area (Å²) < 4.78 is 9.96. The second kappa shape index (κ2) is 7.30. The zero-order valence-corrected chi connectivity index (χ0v) is 11.5. The third-order valence-electron chi connectivity index (χ3n) is 2.91. The van der Waals surface area contributed by atoms with Crippen LogP contribution in [0.2, 0.25) is 0 Å². The summed E-state index contributed by atoms with van der Waals surface area (Å²) in [4.78, 5) is 23.8. The summed E-state index contributed by atoms with van der Waals surface area (Å²) >= 11 is 0. The Morgan fingerprint density at radius 3 is 1.76 bits per heavy atom. The lowest BCUT2D eigenvalue weighted by atomic mass is 9.80. The van der Waals surface area contributed by atoms with E-state index in [1.165, 1.54) is 0 Å². The first-order valence-electron chi connectivity index (χ1n) is 6.26. The van der Waals surface area contributed by atoms with Crippen LogP contribution in [0.4, 0.5) is 0 Å². The average Bonchev–Trinajstić information content (AvgIpc) is 2.29. The molecule has 0 aliphatic heterocycles. The van der Waals surface area contributed by atoms with Crippen LogP contribution in [0.1, 0.15) is 47.5 Å². The highest BCUT2D eigenvalue weighted by Gasteiger charge is 2.44. The van der Waals surface area contributed by atoms with Crippen molar-refractivity contribution in [3.05, 3.63) is 0 Å². The van der Waals surface area contributed by atoms with E-state index in [9.17, 15) is 9.59 Å². The Labute approximate surface area is 104 Å². The Balaban J connectivity index is 4.91. The van der Waals surface area contributed by atoms with Gasteiger partial charge in [0, 0.05) is 0 Å². The van der Waals surface area contributed by atoms with Crippen LogP contribution in [0.25, 0.3) is 0 Å². The van der Waals surface area contributed by atoms with Crippen molar-refractivity contribution >= 4 is 11.9 Å². The number of rotatable bonds is 7. The first-order chi connectivity index (χ1) is 7.92. The number of hydrogen-bond acceptors (Lipinski definition) is 4. The third-order valence-corrected chi connectivity index (χ3v) is 2.91. The van der Waals surface area contributed by atoms with Crippen LogP contribution in [-0.2, 0) is 19.1 Å². The topological polar surface area (TPSA) is 52.6 Å². The molecule has 0 aromatic heterocycles. The minimum atomic E-state index is -1.18. The van der Waals surface area contributed by atoms with E-state index in [0.717, 1.165) is 6.42 Å². The molecule has 0 unspecified atom stereocenters. The average molecular weight is 244 g/mol. The van der Waals surface area contributed by atoms with Crippen LogP contribution < -0.4 is 0 Å². The van der Waals surface area contributed by atoms with Crippen LogP contribution in [0.15, 0.2) is 0 Å². The smallest absolute Gasteiger partial charge is 0.323 e. The fraction of sp³-hybridized carbons (Fsp3) is 0.846. The van der Waals surface area contributed by atoms with Crippen LogP contribution in [-0.4, -0.2) is 25.2 Å². The van der Waals surface area contributed by atoms with Gasteiger partial charge < -0.3 is 9.47 Å². The maximum absolute atomic E-state index is 11.9. The maximum Gasteiger partial charge on any atom is 0.323 e. The molecule has 4 nitrogen and oxygen atoms in total. The van der Waals surface area contributed by atoms with Gasteiger partial charge in [0.15, 0.2) is 5.41 Å². The fourth-order valence-electron chi connectivity index (χ4n) is 1.67. The lowest BCUT2D eigenvalue weighted by molar-refractivity contribution is -0.172. The Hall–Kier alpha value is -1.06. The minimum Gasteiger partial charge on any atom is -0.465 e. The molecular formula is C13H24O4. The molecule has 100 valence electrons. The van der Waals surface area contributed by atoms with E-state index in [4.69, 9.17) is 9.47 Å². The molecule has 0 aromatic rings. The summed E-state index contributed by atoms with van der Waals surface area (Å²) in [6.45, 7) is 9.65. The van der Waals surface area contributed by atoms with E-state index in [2.05, 4.69) is 0 Å². The van der Waals surface area contributed by atoms with Crippen molar-refractivity contribution in [2.75, 3.05) is 13.2 Å². The van der Waals surface area contributed by atoms with E-state index in [1.807, 2.05) is 13.8 Å². The summed E-state index contributed by atoms with van der Waals surface area (Å²) in [5.74, 6) is -0.702. The predicted molar refractivity (Wildman–Crippen MR) is 65.4 cm³/mol. The summed E-state index contributed by atoms with van der Waals surface area (Å²) in [6, 6.07) is 0. The van der Waals surface area contributed by atoms with E-state index in [-0.39, 0.29) is 19.1 Å². The van der Waals surface area contributed by atoms with Crippen molar-refractivity contribution < 1.29 is 19.1 Å². The fourth-order valence-corrected chi connectivity index (χ4v) is 1.67. The molecular weight excluding hydrogens is 220 g/mol. The number of ether oxygens (including phenoxy) is 2. The van der Waals surface area contributed by atoms with Crippen molar-refractivity contribution in [2.24, 2.45) is 11.3 Å². The summed E-state index contributed by atoms with van der Waals surface area (Å²) in [7, 11) is 0. The number of hydrogen-bond donors (Lipinski definition) is 0. The highest BCUT2D eigenvalue weighted by atomic mass is 16.6. The molecule has 0 fully saturated rings. The lowest BCUT2D eigenvalue weighted by Gasteiger charge is -2.27. The lowest BCUT2D eigenvalue weighted by Crippen LogP contribution is -2.40. The van der Waals surface area contributed by atoms with Crippen molar-refractivity contribution in [1.29, 1.82) is 0 Å². The van der Waals surface area contributed by atoms with Crippen LogP contribution >= 0.6 is 0 Å². The maximum atomic E-state index is 11.9. The normalized spacial score (nSPS) is 13.0. The molecule has 0 bridgehead atoms. The highest BCUT2D eigenvalue weighted by molar-refractivity contribution is 5.99. The SMILES string of the molecule is CCOC(=O)C(C)(C[C@H](C)CC)C(=O)OCC. The third kappa shape index (κ3) is 4.36. The molecule has 0 aliphatic rings. The van der Waals surface area contributed by atoms with Crippen molar-refractivity contribution in [2.45, 2.75) is 47.5 Å². The van der Waals surface area contributed by atoms with Gasteiger partial charge in [-0.1, -0.05) is 20.3 Å². The molecule has 0 amide bonds. The molecule has 1 atom stereocenters. The van der Waals surface area contributed by atoms with Crippen LogP contribution in [0.3, 0.4) is 0 Å². The molecule has 0 aliphatic carbocycles. The Morgan fingerprint density at radius 1 is 1.06 bits per heavy atom. The largest absolute Gasteiger partial charge is 0.465 e. The Bertz CT molecular complexity index is 242. The van der Waals surface area contributed by atoms with Gasteiger partial charge in [-0.2, -0.15) is 0 Å². The van der Waals surface area contributed by atoms with E-state index >= 15 is 0 Å². The van der Waals surface area contributed by atoms with Gasteiger partial charge in [0.2, 0.25) is 0 Å². The number of carbonyl (C=O) groups excluding carboxylic acids is 2. The quantitative estimate of drug-likeness (QED) is 0.510. The van der Waals surface area contributed by atoms with Crippen LogP contribution in [0, 0.1) is 11.3 Å². The molecule has 0 aromatic carbocycles. The molecule has 0 heterocycles.